The Morgan fingerprint density at radius 2 is 0.667 bits per heavy atom. The SMILES string of the molecule is OCC(O)[CH2][Ti]([CH2]C(O)CO)([CH2]C(O)CO)[CH2]C(O)CO. The van der Waals surface area contributed by atoms with E-state index in [-0.39, 0.29) is 18.9 Å². The molecule has 0 heterocycles. The van der Waals surface area contributed by atoms with Crippen LogP contribution in [0.25, 0.3) is 0 Å². The predicted molar refractivity (Wildman–Crippen MR) is 71.6 cm³/mol. The summed E-state index contributed by atoms with van der Waals surface area (Å²) in [5, 5.41) is 74.9. The molecule has 4 atom stereocenters. The molecular formula is C12H28O8Ti. The second kappa shape index (κ2) is 11.0. The van der Waals surface area contributed by atoms with Gasteiger partial charge in [0.25, 0.3) is 0 Å². The van der Waals surface area contributed by atoms with E-state index in [1.165, 1.54) is 0 Å². The van der Waals surface area contributed by atoms with Crippen molar-refractivity contribution in [2.75, 3.05) is 26.4 Å². The fraction of sp³-hybridized carbons (Fsp3) is 1.00. The van der Waals surface area contributed by atoms with Crippen LogP contribution in [0, 0.1) is 0 Å². The fourth-order valence-electron chi connectivity index (χ4n) is 2.76. The van der Waals surface area contributed by atoms with E-state index in [0.29, 0.717) is 0 Å². The van der Waals surface area contributed by atoms with Gasteiger partial charge in [-0.1, -0.05) is 0 Å². The van der Waals surface area contributed by atoms with Crippen LogP contribution < -0.4 is 0 Å². The maximum atomic E-state index is 9.71. The monoisotopic (exact) mass is 348 g/mol. The molecule has 0 aliphatic heterocycles. The quantitative estimate of drug-likeness (QED) is 0.176. The molecule has 0 bridgehead atoms. The van der Waals surface area contributed by atoms with Gasteiger partial charge in [-0.2, -0.15) is 0 Å². The molecule has 0 saturated carbocycles. The molecule has 4 unspecified atom stereocenters. The van der Waals surface area contributed by atoms with E-state index in [0.717, 1.165) is 0 Å². The van der Waals surface area contributed by atoms with Crippen molar-refractivity contribution in [3.63, 3.8) is 0 Å². The van der Waals surface area contributed by atoms with Crippen LogP contribution in [-0.2, 0) is 16.6 Å². The Kier molecular flexibility index (Phi) is 11.2. The van der Waals surface area contributed by atoms with Gasteiger partial charge in [0.15, 0.2) is 0 Å². The standard InChI is InChI=1S/4C3H7O2.Ti/c4*1-3(5)2-4;/h4*3-5H,1-2H2;. The molecule has 8 N–H and O–H groups in total. The summed E-state index contributed by atoms with van der Waals surface area (Å²) in [5.41, 5.74) is 0. The minimum atomic E-state index is -3.38. The molecule has 0 aliphatic carbocycles. The molecule has 0 aromatic heterocycles. The topological polar surface area (TPSA) is 162 Å². The number of aliphatic hydroxyl groups excluding tert-OH is 8. The van der Waals surface area contributed by atoms with Gasteiger partial charge < -0.3 is 0 Å². The number of rotatable bonds is 12. The summed E-state index contributed by atoms with van der Waals surface area (Å²) in [4.78, 5) is 0. The van der Waals surface area contributed by atoms with Gasteiger partial charge in [0, 0.05) is 0 Å². The molecule has 0 radical (unpaired) electrons. The Hall–Kier alpha value is 0.394. The van der Waals surface area contributed by atoms with Crippen molar-refractivity contribution in [3.8, 4) is 0 Å². The zero-order valence-corrected chi connectivity index (χ0v) is 13.6. The third-order valence-electron chi connectivity index (χ3n) is 3.52. The molecule has 9 heteroatoms. The minimum absolute atomic E-state index is 0.127. The van der Waals surface area contributed by atoms with Gasteiger partial charge in [-0.05, 0) is 0 Å². The van der Waals surface area contributed by atoms with E-state index < -0.39 is 67.4 Å². The first-order chi connectivity index (χ1) is 9.82. The van der Waals surface area contributed by atoms with E-state index in [2.05, 4.69) is 0 Å². The van der Waals surface area contributed by atoms with E-state index in [9.17, 15) is 20.4 Å². The zero-order valence-electron chi connectivity index (χ0n) is 12.0. The van der Waals surface area contributed by atoms with Crippen molar-refractivity contribution in [1.82, 2.24) is 0 Å². The zero-order chi connectivity index (χ0) is 16.5. The molecule has 21 heavy (non-hydrogen) atoms. The Bertz CT molecular complexity index is 214. The van der Waals surface area contributed by atoms with Gasteiger partial charge in [0.1, 0.15) is 0 Å². The normalized spacial score (nSPS) is 20.6. The molecule has 8 nitrogen and oxygen atoms in total. The average molecular weight is 348 g/mol. The third-order valence-corrected chi connectivity index (χ3v) is 11.9. The number of aliphatic hydroxyl groups is 8. The second-order valence-corrected chi connectivity index (χ2v) is 12.9. The molecule has 128 valence electrons. The molecule has 0 rings (SSSR count). The van der Waals surface area contributed by atoms with Crippen molar-refractivity contribution in [2.24, 2.45) is 0 Å². The van der Waals surface area contributed by atoms with Gasteiger partial charge in [-0.25, -0.2) is 0 Å². The Balaban J connectivity index is 5.23. The number of hydrogen-bond donors (Lipinski definition) is 8. The summed E-state index contributed by atoms with van der Waals surface area (Å²) in [6, 6.07) is 0. The maximum absolute atomic E-state index is 9.71. The molecule has 0 amide bonds. The molecule has 0 saturated heterocycles. The third kappa shape index (κ3) is 8.56. The Labute approximate surface area is 127 Å². The van der Waals surface area contributed by atoms with Crippen LogP contribution in [0.2, 0.25) is 18.9 Å². The van der Waals surface area contributed by atoms with E-state index >= 15 is 0 Å². The van der Waals surface area contributed by atoms with Crippen LogP contribution in [-0.4, -0.2) is 91.7 Å². The van der Waals surface area contributed by atoms with E-state index in [4.69, 9.17) is 20.4 Å². The Morgan fingerprint density at radius 1 is 0.476 bits per heavy atom. The van der Waals surface area contributed by atoms with Gasteiger partial charge in [0.05, 0.1) is 0 Å². The summed E-state index contributed by atoms with van der Waals surface area (Å²) in [6.07, 6.45) is -4.25. The van der Waals surface area contributed by atoms with Crippen molar-refractivity contribution < 1.29 is 57.4 Å². The second-order valence-electron chi connectivity index (χ2n) is 5.66. The van der Waals surface area contributed by atoms with Gasteiger partial charge in [0.2, 0.25) is 0 Å². The molecule has 0 spiro atoms. The van der Waals surface area contributed by atoms with Gasteiger partial charge >= 0.3 is 127 Å². The van der Waals surface area contributed by atoms with Gasteiger partial charge in [-0.15, -0.1) is 0 Å². The first kappa shape index (κ1) is 21.4. The van der Waals surface area contributed by atoms with Crippen LogP contribution in [0.3, 0.4) is 0 Å². The molecule has 0 aromatic carbocycles. The van der Waals surface area contributed by atoms with Crippen LogP contribution in [0.15, 0.2) is 0 Å². The molecular weight excluding hydrogens is 320 g/mol. The van der Waals surface area contributed by atoms with Crippen molar-refractivity contribution in [2.45, 2.75) is 43.3 Å². The van der Waals surface area contributed by atoms with Crippen molar-refractivity contribution in [3.05, 3.63) is 0 Å². The summed E-state index contributed by atoms with van der Waals surface area (Å²) >= 11 is -3.38. The summed E-state index contributed by atoms with van der Waals surface area (Å²) in [6.45, 7) is -1.97. The molecule has 0 aromatic rings. The van der Waals surface area contributed by atoms with E-state index in [1.54, 1.807) is 0 Å². The fourth-order valence-corrected chi connectivity index (χ4v) is 11.4. The van der Waals surface area contributed by atoms with Crippen molar-refractivity contribution >= 4 is 0 Å². The average Bonchev–Trinajstić information content (AvgIpc) is 2.46. The number of hydrogen-bond acceptors (Lipinski definition) is 8. The summed E-state index contributed by atoms with van der Waals surface area (Å²) in [5.74, 6) is 0. The van der Waals surface area contributed by atoms with Crippen LogP contribution in [0.1, 0.15) is 0 Å². The molecule has 0 fully saturated rings. The molecule has 0 aliphatic rings. The summed E-state index contributed by atoms with van der Waals surface area (Å²) < 4.78 is 0.507. The van der Waals surface area contributed by atoms with Crippen LogP contribution in [0.5, 0.6) is 0 Å². The first-order valence-electron chi connectivity index (χ1n) is 6.98. The summed E-state index contributed by atoms with van der Waals surface area (Å²) in [7, 11) is 0. The van der Waals surface area contributed by atoms with Crippen LogP contribution >= 0.6 is 0 Å². The predicted octanol–water partition coefficient (Wildman–Crippen LogP) is -2.77. The van der Waals surface area contributed by atoms with Gasteiger partial charge in [-0.3, -0.25) is 0 Å². The Morgan fingerprint density at radius 3 is 0.810 bits per heavy atom. The van der Waals surface area contributed by atoms with Crippen LogP contribution in [0.4, 0.5) is 0 Å². The van der Waals surface area contributed by atoms with Crippen molar-refractivity contribution in [1.29, 1.82) is 0 Å². The van der Waals surface area contributed by atoms with E-state index in [1.807, 2.05) is 0 Å². The first-order valence-corrected chi connectivity index (χ1v) is 11.4.